The van der Waals surface area contributed by atoms with Crippen molar-refractivity contribution in [3.8, 4) is 16.9 Å². The summed E-state index contributed by atoms with van der Waals surface area (Å²) in [4.78, 5) is 20.8. The molecule has 2 aromatic carbocycles. The highest BCUT2D eigenvalue weighted by Gasteiger charge is 2.28. The van der Waals surface area contributed by atoms with E-state index in [9.17, 15) is 4.79 Å². The Labute approximate surface area is 174 Å². The van der Waals surface area contributed by atoms with E-state index >= 15 is 0 Å². The van der Waals surface area contributed by atoms with Gasteiger partial charge in [0.1, 0.15) is 11.6 Å². The molecule has 1 unspecified atom stereocenters. The third kappa shape index (κ3) is 3.30. The second-order valence-electron chi connectivity index (χ2n) is 7.62. The largest absolute Gasteiger partial charge is 0.493 e. The number of nitrogens with two attached hydrogens (primary N) is 1. The minimum atomic E-state index is -0.338. The summed E-state index contributed by atoms with van der Waals surface area (Å²) in [5.74, 6) is 1.17. The summed E-state index contributed by atoms with van der Waals surface area (Å²) in [7, 11) is 1.39. The first-order valence-corrected chi connectivity index (χ1v) is 9.87. The number of esters is 1. The molecule has 30 heavy (non-hydrogen) atoms. The number of pyridine rings is 1. The summed E-state index contributed by atoms with van der Waals surface area (Å²) in [6.45, 7) is 0.588. The molecular weight excluding hydrogens is 378 g/mol. The van der Waals surface area contributed by atoms with Gasteiger partial charge in [-0.15, -0.1) is 0 Å². The van der Waals surface area contributed by atoms with Gasteiger partial charge in [-0.25, -0.2) is 9.78 Å². The summed E-state index contributed by atoms with van der Waals surface area (Å²) in [6, 6.07) is 15.6. The fraction of sp³-hybridized carbons (Fsp3) is 0.208. The van der Waals surface area contributed by atoms with Gasteiger partial charge in [0.05, 0.1) is 25.0 Å². The Bertz CT molecular complexity index is 1190. The molecule has 0 amide bonds. The number of rotatable bonds is 3. The van der Waals surface area contributed by atoms with Crippen LogP contribution in [-0.4, -0.2) is 30.4 Å². The molecule has 3 heterocycles. The Hall–Kier alpha value is -3.67. The molecule has 2 aliphatic rings. The van der Waals surface area contributed by atoms with Crippen LogP contribution in [0, 0.1) is 5.92 Å². The molecule has 0 spiro atoms. The van der Waals surface area contributed by atoms with Crippen molar-refractivity contribution in [3.63, 3.8) is 0 Å². The predicted octanol–water partition coefficient (Wildman–Crippen LogP) is 4.00. The maximum absolute atomic E-state index is 11.9. The van der Waals surface area contributed by atoms with Crippen LogP contribution >= 0.6 is 0 Å². The van der Waals surface area contributed by atoms with Crippen LogP contribution in [0.2, 0.25) is 0 Å². The van der Waals surface area contributed by atoms with E-state index in [1.807, 2.05) is 24.3 Å². The van der Waals surface area contributed by atoms with E-state index in [0.29, 0.717) is 18.0 Å². The van der Waals surface area contributed by atoms with Gasteiger partial charge < -0.3 is 15.2 Å². The highest BCUT2D eigenvalue weighted by Crippen LogP contribution is 2.36. The lowest BCUT2D eigenvalue weighted by atomic mass is 9.89. The summed E-state index contributed by atoms with van der Waals surface area (Å²) in [6.07, 6.45) is 3.32. The Morgan fingerprint density at radius 3 is 2.80 bits per heavy atom. The number of fused-ring (bicyclic) bond motifs is 2. The molecule has 0 saturated heterocycles. The summed E-state index contributed by atoms with van der Waals surface area (Å²) in [5.41, 5.74) is 12.8. The number of nitrogen functional groups attached to an aromatic ring is 1. The van der Waals surface area contributed by atoms with Crippen molar-refractivity contribution < 1.29 is 14.3 Å². The smallest absolute Gasteiger partial charge is 0.337 e. The maximum Gasteiger partial charge on any atom is 0.337 e. The number of ether oxygens (including phenoxy) is 2. The summed E-state index contributed by atoms with van der Waals surface area (Å²) in [5, 5.41) is 0. The molecule has 3 aromatic rings. The van der Waals surface area contributed by atoms with E-state index in [0.717, 1.165) is 46.7 Å². The van der Waals surface area contributed by atoms with Gasteiger partial charge in [0.25, 0.3) is 0 Å². The van der Waals surface area contributed by atoms with Gasteiger partial charge in [0.2, 0.25) is 0 Å². The number of carbonyl (C=O) groups is 1. The Kier molecular flexibility index (Phi) is 4.47. The number of hydrogen-bond donors (Lipinski definition) is 1. The van der Waals surface area contributed by atoms with E-state index in [-0.39, 0.29) is 11.9 Å². The number of benzene rings is 2. The van der Waals surface area contributed by atoms with Crippen LogP contribution in [0.4, 0.5) is 11.5 Å². The van der Waals surface area contributed by atoms with Crippen LogP contribution in [0.1, 0.15) is 21.5 Å². The van der Waals surface area contributed by atoms with Crippen LogP contribution in [0.5, 0.6) is 5.75 Å². The molecule has 0 bridgehead atoms. The third-order valence-corrected chi connectivity index (χ3v) is 5.69. The van der Waals surface area contributed by atoms with Crippen molar-refractivity contribution in [2.45, 2.75) is 12.8 Å². The van der Waals surface area contributed by atoms with Crippen molar-refractivity contribution in [2.75, 3.05) is 19.5 Å². The van der Waals surface area contributed by atoms with Crippen molar-refractivity contribution in [2.24, 2.45) is 10.9 Å². The highest BCUT2D eigenvalue weighted by molar-refractivity contribution is 5.97. The lowest BCUT2D eigenvalue weighted by Crippen LogP contribution is -2.28. The number of methoxy groups -OCH3 is 1. The van der Waals surface area contributed by atoms with Gasteiger partial charge in [-0.05, 0) is 65.1 Å². The van der Waals surface area contributed by atoms with Crippen molar-refractivity contribution in [1.82, 2.24) is 4.98 Å². The first-order valence-electron chi connectivity index (χ1n) is 9.87. The molecule has 2 N–H and O–H groups in total. The monoisotopic (exact) mass is 399 g/mol. The van der Waals surface area contributed by atoms with Crippen molar-refractivity contribution in [1.29, 1.82) is 0 Å². The quantitative estimate of drug-likeness (QED) is 0.673. The van der Waals surface area contributed by atoms with Gasteiger partial charge >= 0.3 is 5.97 Å². The average molecular weight is 399 g/mol. The molecule has 6 nitrogen and oxygen atoms in total. The molecule has 0 aliphatic carbocycles. The molecule has 0 saturated carbocycles. The molecule has 1 atom stereocenters. The highest BCUT2D eigenvalue weighted by atomic mass is 16.5. The summed E-state index contributed by atoms with van der Waals surface area (Å²) < 4.78 is 10.8. The first kappa shape index (κ1) is 18.4. The molecule has 0 radical (unpaired) electrons. The number of carbonyl (C=O) groups excluding carboxylic acids is 1. The minimum absolute atomic E-state index is 0.179. The van der Waals surface area contributed by atoms with Gasteiger partial charge in [0, 0.05) is 24.2 Å². The minimum Gasteiger partial charge on any atom is -0.493 e. The predicted molar refractivity (Wildman–Crippen MR) is 115 cm³/mol. The average Bonchev–Trinajstić information content (AvgIpc) is 3.21. The van der Waals surface area contributed by atoms with Crippen LogP contribution in [0.25, 0.3) is 11.1 Å². The molecule has 2 aliphatic heterocycles. The van der Waals surface area contributed by atoms with Crippen molar-refractivity contribution in [3.05, 3.63) is 71.4 Å². The Morgan fingerprint density at radius 2 is 1.97 bits per heavy atom. The van der Waals surface area contributed by atoms with E-state index < -0.39 is 0 Å². The zero-order valence-electron chi connectivity index (χ0n) is 16.6. The standard InChI is InChI=1S/C24H21N3O3/c1-29-24(28)17-4-5-22-18(8-17)9-19(13-30-22)21-11-16-3-2-14(10-20(16)27-21)15-6-7-26-23(25)12-15/h2-8,10,12,19H,9,11,13H2,1H3,(H2,25,26). The van der Waals surface area contributed by atoms with Crippen LogP contribution in [0.3, 0.4) is 0 Å². The van der Waals surface area contributed by atoms with E-state index in [1.54, 1.807) is 12.3 Å². The number of nitrogens with zero attached hydrogens (tertiary/aromatic N) is 2. The second kappa shape index (κ2) is 7.30. The van der Waals surface area contributed by atoms with E-state index in [2.05, 4.69) is 23.2 Å². The SMILES string of the molecule is COC(=O)c1ccc2c(c1)CC(C1=Nc3cc(-c4ccnc(N)c4)ccc3C1)CO2. The van der Waals surface area contributed by atoms with Gasteiger partial charge in [-0.2, -0.15) is 0 Å². The van der Waals surface area contributed by atoms with E-state index in [4.69, 9.17) is 20.2 Å². The lowest BCUT2D eigenvalue weighted by Gasteiger charge is -2.25. The molecule has 6 heteroatoms. The van der Waals surface area contributed by atoms with Gasteiger partial charge in [0.15, 0.2) is 0 Å². The number of anilines is 1. The third-order valence-electron chi connectivity index (χ3n) is 5.69. The van der Waals surface area contributed by atoms with Crippen LogP contribution < -0.4 is 10.5 Å². The first-order chi connectivity index (χ1) is 14.6. The topological polar surface area (TPSA) is 86.8 Å². The lowest BCUT2D eigenvalue weighted by molar-refractivity contribution is 0.0600. The number of aromatic nitrogens is 1. The molecule has 0 fully saturated rings. The Balaban J connectivity index is 1.40. The normalized spacial score (nSPS) is 16.8. The zero-order valence-corrected chi connectivity index (χ0v) is 16.6. The summed E-state index contributed by atoms with van der Waals surface area (Å²) >= 11 is 0. The van der Waals surface area contributed by atoms with Crippen LogP contribution in [0.15, 0.2) is 59.7 Å². The van der Waals surface area contributed by atoms with Crippen LogP contribution in [-0.2, 0) is 17.6 Å². The zero-order chi connectivity index (χ0) is 20.7. The fourth-order valence-corrected chi connectivity index (χ4v) is 4.10. The number of hydrogen-bond acceptors (Lipinski definition) is 6. The molecular formula is C24H21N3O3. The molecule has 1 aromatic heterocycles. The van der Waals surface area contributed by atoms with Gasteiger partial charge in [-0.1, -0.05) is 12.1 Å². The Morgan fingerprint density at radius 1 is 1.10 bits per heavy atom. The molecule has 150 valence electrons. The number of aliphatic imine (C=N–C) groups is 1. The maximum atomic E-state index is 11.9. The fourth-order valence-electron chi connectivity index (χ4n) is 4.10. The van der Waals surface area contributed by atoms with E-state index in [1.165, 1.54) is 12.7 Å². The van der Waals surface area contributed by atoms with Crippen molar-refractivity contribution >= 4 is 23.2 Å². The molecule has 5 rings (SSSR count). The second-order valence-corrected chi connectivity index (χ2v) is 7.62. The van der Waals surface area contributed by atoms with Gasteiger partial charge in [-0.3, -0.25) is 4.99 Å².